The van der Waals surface area contributed by atoms with Crippen molar-refractivity contribution < 1.29 is 24.2 Å². The topological polar surface area (TPSA) is 9.23 Å². The van der Waals surface area contributed by atoms with Gasteiger partial charge in [-0.3, -0.25) is 0 Å². The molecular formula is C22H35F5OS. The molecule has 0 N–H and O–H groups in total. The van der Waals surface area contributed by atoms with E-state index in [0.29, 0.717) is 36.1 Å². The van der Waals surface area contributed by atoms with E-state index in [9.17, 15) is 19.4 Å². The highest BCUT2D eigenvalue weighted by Crippen LogP contribution is 3.02. The zero-order chi connectivity index (χ0) is 21.4. The maximum absolute atomic E-state index is 12.8. The first kappa shape index (κ1) is 24.4. The Balaban J connectivity index is 1.63. The molecule has 0 bridgehead atoms. The van der Waals surface area contributed by atoms with E-state index in [1.165, 1.54) is 44.2 Å². The molecule has 1 fully saturated rings. The lowest BCUT2D eigenvalue weighted by Gasteiger charge is -2.40. The minimum atomic E-state index is -9.56. The Hall–Kier alpha value is -0.820. The molecule has 0 radical (unpaired) electrons. The van der Waals surface area contributed by atoms with E-state index >= 15 is 0 Å². The van der Waals surface area contributed by atoms with Gasteiger partial charge in [-0.05, 0) is 68.6 Å². The molecule has 1 saturated carbocycles. The third kappa shape index (κ3) is 9.24. The van der Waals surface area contributed by atoms with Crippen molar-refractivity contribution in [1.29, 1.82) is 0 Å². The van der Waals surface area contributed by atoms with Crippen LogP contribution in [0.4, 0.5) is 19.4 Å². The number of ether oxygens (including phenoxy) is 1. The maximum atomic E-state index is 12.8. The zero-order valence-electron chi connectivity index (χ0n) is 17.4. The molecular weight excluding hydrogens is 407 g/mol. The van der Waals surface area contributed by atoms with Crippen molar-refractivity contribution in [3.8, 4) is 0 Å². The number of rotatable bonds is 12. The Labute approximate surface area is 172 Å². The smallest absolute Gasteiger partial charge is 0.310 e. The summed E-state index contributed by atoms with van der Waals surface area (Å²) in [5, 5.41) is 0. The van der Waals surface area contributed by atoms with E-state index in [0.717, 1.165) is 45.1 Å². The summed E-state index contributed by atoms with van der Waals surface area (Å²) in [4.78, 5) is -1.81. The SMILES string of the molecule is CCCCCCCCO[C@H]1CC[C@H](CCc2ccc(S(F)(F)(F)(F)F)cc2)CC1. The molecule has 170 valence electrons. The van der Waals surface area contributed by atoms with Crippen LogP contribution in [0.3, 0.4) is 0 Å². The lowest BCUT2D eigenvalue weighted by atomic mass is 9.84. The van der Waals surface area contributed by atoms with Gasteiger partial charge in [0.1, 0.15) is 4.90 Å². The van der Waals surface area contributed by atoms with Crippen molar-refractivity contribution in [3.63, 3.8) is 0 Å². The number of hydrogen-bond donors (Lipinski definition) is 0. The third-order valence-electron chi connectivity index (χ3n) is 5.86. The van der Waals surface area contributed by atoms with Crippen LogP contribution < -0.4 is 0 Å². The summed E-state index contributed by atoms with van der Waals surface area (Å²) in [6.45, 7) is 3.05. The molecule has 0 saturated heterocycles. The predicted molar refractivity (Wildman–Crippen MR) is 111 cm³/mol. The number of unbranched alkanes of at least 4 members (excludes halogenated alkanes) is 5. The highest BCUT2D eigenvalue weighted by molar-refractivity contribution is 8.45. The molecule has 0 atom stereocenters. The van der Waals surface area contributed by atoms with Crippen LogP contribution in [0.15, 0.2) is 29.2 Å². The van der Waals surface area contributed by atoms with Crippen LogP contribution in [0.25, 0.3) is 0 Å². The van der Waals surface area contributed by atoms with Crippen LogP contribution in [0.5, 0.6) is 0 Å². The predicted octanol–water partition coefficient (Wildman–Crippen LogP) is 9.21. The first-order valence-corrected chi connectivity index (χ1v) is 12.9. The van der Waals surface area contributed by atoms with Gasteiger partial charge in [0.15, 0.2) is 0 Å². The van der Waals surface area contributed by atoms with Crippen LogP contribution in [0.1, 0.15) is 83.1 Å². The molecule has 0 aromatic heterocycles. The van der Waals surface area contributed by atoms with Crippen LogP contribution >= 0.6 is 10.2 Å². The second-order valence-corrected chi connectivity index (χ2v) is 10.8. The lowest BCUT2D eigenvalue weighted by molar-refractivity contribution is 0.0153. The van der Waals surface area contributed by atoms with Crippen molar-refractivity contribution in [3.05, 3.63) is 29.8 Å². The number of aryl methyl sites for hydroxylation is 1. The van der Waals surface area contributed by atoms with Crippen molar-refractivity contribution in [2.45, 2.75) is 95.0 Å². The quantitative estimate of drug-likeness (QED) is 0.231. The average Bonchev–Trinajstić information content (AvgIpc) is 2.65. The molecule has 0 heterocycles. The van der Waals surface area contributed by atoms with E-state index in [4.69, 9.17) is 4.74 Å². The van der Waals surface area contributed by atoms with Crippen molar-refractivity contribution in [2.75, 3.05) is 6.61 Å². The van der Waals surface area contributed by atoms with Crippen LogP contribution in [-0.2, 0) is 11.2 Å². The Morgan fingerprint density at radius 2 is 1.41 bits per heavy atom. The minimum absolute atomic E-state index is 0.332. The van der Waals surface area contributed by atoms with E-state index < -0.39 is 15.1 Å². The van der Waals surface area contributed by atoms with Gasteiger partial charge in [0.05, 0.1) is 6.10 Å². The van der Waals surface area contributed by atoms with Crippen LogP contribution in [0, 0.1) is 5.92 Å². The number of halogens is 5. The first-order chi connectivity index (χ1) is 13.5. The van der Waals surface area contributed by atoms with Gasteiger partial charge < -0.3 is 4.74 Å². The zero-order valence-corrected chi connectivity index (χ0v) is 18.2. The van der Waals surface area contributed by atoms with Crippen molar-refractivity contribution in [1.82, 2.24) is 0 Å². The molecule has 1 nitrogen and oxygen atoms in total. The Kier molecular flexibility index (Phi) is 8.05. The monoisotopic (exact) mass is 442 g/mol. The normalized spacial score (nSPS) is 22.8. The van der Waals surface area contributed by atoms with Gasteiger partial charge in [0.2, 0.25) is 0 Å². The van der Waals surface area contributed by atoms with Gasteiger partial charge in [0, 0.05) is 6.61 Å². The molecule has 7 heteroatoms. The summed E-state index contributed by atoms with van der Waals surface area (Å²) < 4.78 is 69.8. The highest BCUT2D eigenvalue weighted by atomic mass is 32.5. The molecule has 1 aromatic rings. The Bertz CT molecular complexity index is 606. The molecule has 1 aliphatic rings. The van der Waals surface area contributed by atoms with Crippen LogP contribution in [-0.4, -0.2) is 12.7 Å². The highest BCUT2D eigenvalue weighted by Gasteiger charge is 2.65. The van der Waals surface area contributed by atoms with E-state index in [1.54, 1.807) is 0 Å². The van der Waals surface area contributed by atoms with Crippen molar-refractivity contribution >= 4 is 10.2 Å². The second kappa shape index (κ2) is 9.54. The maximum Gasteiger partial charge on any atom is 0.310 e. The standard InChI is InChI=1S/C22H35F5OS/c1-2-3-4-5-6-7-18-28-21-14-10-19(11-15-21)8-9-20-12-16-22(17-13-20)29(23,24,25,26)27/h12-13,16-17,19,21H,2-11,14-15,18H2,1H3/t19-,21-. The molecule has 0 spiro atoms. The van der Waals surface area contributed by atoms with Gasteiger partial charge >= 0.3 is 10.2 Å². The Morgan fingerprint density at radius 1 is 0.828 bits per heavy atom. The molecule has 29 heavy (non-hydrogen) atoms. The van der Waals surface area contributed by atoms with Gasteiger partial charge in [-0.25, -0.2) is 0 Å². The number of benzene rings is 1. The largest absolute Gasteiger partial charge is 0.378 e. The van der Waals surface area contributed by atoms with Crippen LogP contribution in [0.2, 0.25) is 0 Å². The summed E-state index contributed by atoms with van der Waals surface area (Å²) in [5.74, 6) is 0.527. The van der Waals surface area contributed by atoms with Gasteiger partial charge in [-0.1, -0.05) is 70.6 Å². The summed E-state index contributed by atoms with van der Waals surface area (Å²) in [5.41, 5.74) is 0.678. The number of hydrogen-bond acceptors (Lipinski definition) is 1. The minimum Gasteiger partial charge on any atom is -0.378 e. The summed E-state index contributed by atoms with van der Waals surface area (Å²) >= 11 is 0. The Morgan fingerprint density at radius 3 is 2.00 bits per heavy atom. The van der Waals surface area contributed by atoms with E-state index in [2.05, 4.69) is 6.92 Å². The summed E-state index contributed by atoms with van der Waals surface area (Å²) in [6.07, 6.45) is 13.5. The summed E-state index contributed by atoms with van der Waals surface area (Å²) in [7, 11) is -9.56. The summed E-state index contributed by atoms with van der Waals surface area (Å²) in [6, 6.07) is 3.40. The molecule has 0 unspecified atom stereocenters. The first-order valence-electron chi connectivity index (χ1n) is 10.9. The molecule has 0 aliphatic heterocycles. The lowest BCUT2D eigenvalue weighted by Crippen LogP contribution is -2.22. The second-order valence-electron chi connectivity index (χ2n) is 8.43. The van der Waals surface area contributed by atoms with Gasteiger partial charge in [-0.2, -0.15) is 0 Å². The average molecular weight is 443 g/mol. The van der Waals surface area contributed by atoms with E-state index in [1.807, 2.05) is 0 Å². The fraction of sp³-hybridized carbons (Fsp3) is 0.727. The molecule has 1 aromatic carbocycles. The van der Waals surface area contributed by atoms with Crippen molar-refractivity contribution in [2.24, 2.45) is 5.92 Å². The molecule has 2 rings (SSSR count). The third-order valence-corrected chi connectivity index (χ3v) is 7.02. The van der Waals surface area contributed by atoms with E-state index in [-0.39, 0.29) is 0 Å². The fourth-order valence-corrected chi connectivity index (χ4v) is 4.65. The molecule has 1 aliphatic carbocycles. The molecule has 0 amide bonds. The van der Waals surface area contributed by atoms with Gasteiger partial charge in [0.25, 0.3) is 0 Å². The fourth-order valence-electron chi connectivity index (χ4n) is 4.00. The van der Waals surface area contributed by atoms with Gasteiger partial charge in [-0.15, -0.1) is 0 Å².